The Morgan fingerprint density at radius 1 is 1.20 bits per heavy atom. The first kappa shape index (κ1) is 15.2. The van der Waals surface area contributed by atoms with Crippen LogP contribution in [0.3, 0.4) is 0 Å². The molecule has 0 bridgehead atoms. The second-order valence-corrected chi connectivity index (χ2v) is 6.92. The summed E-state index contributed by atoms with van der Waals surface area (Å²) >= 11 is 3.27. The minimum atomic E-state index is -3.61. The SMILES string of the molecule is Cc1ccccc1S(=O)(=O)NCc1cc(F)ccc1Br. The van der Waals surface area contributed by atoms with E-state index in [0.29, 0.717) is 15.6 Å². The molecule has 0 aromatic heterocycles. The van der Waals surface area contributed by atoms with Crippen LogP contribution in [0.25, 0.3) is 0 Å². The highest BCUT2D eigenvalue weighted by Crippen LogP contribution is 2.19. The van der Waals surface area contributed by atoms with Crippen molar-refractivity contribution in [2.45, 2.75) is 18.4 Å². The van der Waals surface area contributed by atoms with Crippen molar-refractivity contribution in [1.82, 2.24) is 4.72 Å². The monoisotopic (exact) mass is 357 g/mol. The highest BCUT2D eigenvalue weighted by molar-refractivity contribution is 9.10. The van der Waals surface area contributed by atoms with Crippen molar-refractivity contribution in [3.8, 4) is 0 Å². The number of aryl methyl sites for hydroxylation is 1. The van der Waals surface area contributed by atoms with E-state index in [-0.39, 0.29) is 11.4 Å². The van der Waals surface area contributed by atoms with Gasteiger partial charge in [0, 0.05) is 11.0 Å². The van der Waals surface area contributed by atoms with Crippen molar-refractivity contribution in [2.75, 3.05) is 0 Å². The Balaban J connectivity index is 2.22. The van der Waals surface area contributed by atoms with Crippen LogP contribution in [0.2, 0.25) is 0 Å². The fourth-order valence-electron chi connectivity index (χ4n) is 1.79. The lowest BCUT2D eigenvalue weighted by molar-refractivity contribution is 0.579. The topological polar surface area (TPSA) is 46.2 Å². The summed E-state index contributed by atoms with van der Waals surface area (Å²) in [5, 5.41) is 0. The number of hydrogen-bond acceptors (Lipinski definition) is 2. The van der Waals surface area contributed by atoms with Gasteiger partial charge in [0.05, 0.1) is 4.90 Å². The lowest BCUT2D eigenvalue weighted by Gasteiger charge is -2.10. The zero-order chi connectivity index (χ0) is 14.8. The van der Waals surface area contributed by atoms with E-state index in [2.05, 4.69) is 20.7 Å². The first-order chi connectivity index (χ1) is 9.40. The van der Waals surface area contributed by atoms with Crippen molar-refractivity contribution < 1.29 is 12.8 Å². The molecule has 6 heteroatoms. The Bertz CT molecular complexity index is 732. The summed E-state index contributed by atoms with van der Waals surface area (Å²) in [6.45, 7) is 1.75. The molecule has 0 aliphatic carbocycles. The summed E-state index contributed by atoms with van der Waals surface area (Å²) in [4.78, 5) is 0.229. The second-order valence-electron chi connectivity index (χ2n) is 4.33. The van der Waals surface area contributed by atoms with Crippen LogP contribution in [0, 0.1) is 12.7 Å². The van der Waals surface area contributed by atoms with Gasteiger partial charge in [-0.1, -0.05) is 34.1 Å². The first-order valence-corrected chi connectivity index (χ1v) is 8.17. The molecule has 0 aliphatic heterocycles. The standard InChI is InChI=1S/C14H13BrFNO2S/c1-10-4-2-3-5-14(10)20(18,19)17-9-11-8-12(16)6-7-13(11)15/h2-8,17H,9H2,1H3. The van der Waals surface area contributed by atoms with Crippen molar-refractivity contribution in [1.29, 1.82) is 0 Å². The van der Waals surface area contributed by atoms with E-state index in [1.54, 1.807) is 31.2 Å². The maximum atomic E-state index is 13.2. The third-order valence-electron chi connectivity index (χ3n) is 2.84. The predicted octanol–water partition coefficient (Wildman–Crippen LogP) is 3.38. The molecule has 20 heavy (non-hydrogen) atoms. The first-order valence-electron chi connectivity index (χ1n) is 5.89. The van der Waals surface area contributed by atoms with Crippen LogP contribution in [0.15, 0.2) is 51.8 Å². The average Bonchev–Trinajstić information content (AvgIpc) is 2.40. The van der Waals surface area contributed by atoms with E-state index in [1.165, 1.54) is 18.2 Å². The van der Waals surface area contributed by atoms with Gasteiger partial charge in [-0.05, 0) is 42.3 Å². The Kier molecular flexibility index (Phi) is 4.57. The summed E-state index contributed by atoms with van der Waals surface area (Å²) in [6.07, 6.45) is 0. The Morgan fingerprint density at radius 3 is 2.60 bits per heavy atom. The molecular formula is C14H13BrFNO2S. The largest absolute Gasteiger partial charge is 0.241 e. The number of nitrogens with one attached hydrogen (secondary N) is 1. The van der Waals surface area contributed by atoms with Gasteiger partial charge >= 0.3 is 0 Å². The lowest BCUT2D eigenvalue weighted by Crippen LogP contribution is -2.24. The van der Waals surface area contributed by atoms with Crippen LogP contribution in [0.5, 0.6) is 0 Å². The summed E-state index contributed by atoms with van der Waals surface area (Å²) in [5.41, 5.74) is 1.21. The van der Waals surface area contributed by atoms with Gasteiger partial charge in [0.15, 0.2) is 0 Å². The highest BCUT2D eigenvalue weighted by atomic mass is 79.9. The molecule has 0 heterocycles. The summed E-state index contributed by atoms with van der Waals surface area (Å²) in [7, 11) is -3.61. The van der Waals surface area contributed by atoms with E-state index in [1.807, 2.05) is 0 Å². The number of sulfonamides is 1. The normalized spacial score (nSPS) is 11.6. The molecule has 2 aromatic rings. The van der Waals surface area contributed by atoms with E-state index < -0.39 is 15.8 Å². The van der Waals surface area contributed by atoms with Crippen molar-refractivity contribution in [2.24, 2.45) is 0 Å². The molecule has 2 rings (SSSR count). The maximum absolute atomic E-state index is 13.2. The van der Waals surface area contributed by atoms with Crippen molar-refractivity contribution >= 4 is 26.0 Å². The zero-order valence-corrected chi connectivity index (χ0v) is 13.1. The van der Waals surface area contributed by atoms with Crippen LogP contribution >= 0.6 is 15.9 Å². The Labute approximate surface area is 126 Å². The second kappa shape index (κ2) is 6.03. The molecule has 0 saturated heterocycles. The van der Waals surface area contributed by atoms with Crippen LogP contribution in [0.4, 0.5) is 4.39 Å². The van der Waals surface area contributed by atoms with Gasteiger partial charge in [-0.2, -0.15) is 0 Å². The molecule has 1 N–H and O–H groups in total. The molecule has 0 aliphatic rings. The number of benzene rings is 2. The van der Waals surface area contributed by atoms with Gasteiger partial charge in [0.25, 0.3) is 0 Å². The maximum Gasteiger partial charge on any atom is 0.241 e. The molecule has 0 unspecified atom stereocenters. The smallest absolute Gasteiger partial charge is 0.207 e. The van der Waals surface area contributed by atoms with Crippen LogP contribution < -0.4 is 4.72 Å². The summed E-state index contributed by atoms with van der Waals surface area (Å²) in [6, 6.07) is 10.9. The van der Waals surface area contributed by atoms with Crippen LogP contribution in [-0.4, -0.2) is 8.42 Å². The van der Waals surface area contributed by atoms with Crippen molar-refractivity contribution in [3.05, 3.63) is 63.9 Å². The summed E-state index contributed by atoms with van der Waals surface area (Å²) < 4.78 is 40.7. The molecule has 0 atom stereocenters. The number of halogens is 2. The third-order valence-corrected chi connectivity index (χ3v) is 5.18. The van der Waals surface area contributed by atoms with Gasteiger partial charge in [0.2, 0.25) is 10.0 Å². The van der Waals surface area contributed by atoms with Crippen molar-refractivity contribution in [3.63, 3.8) is 0 Å². The molecule has 3 nitrogen and oxygen atoms in total. The molecular weight excluding hydrogens is 345 g/mol. The molecule has 2 aromatic carbocycles. The van der Waals surface area contributed by atoms with E-state index in [4.69, 9.17) is 0 Å². The molecule has 0 radical (unpaired) electrons. The highest BCUT2D eigenvalue weighted by Gasteiger charge is 2.16. The third kappa shape index (κ3) is 3.45. The predicted molar refractivity (Wildman–Crippen MR) is 79.3 cm³/mol. The van der Waals surface area contributed by atoms with E-state index in [9.17, 15) is 12.8 Å². The molecule has 0 amide bonds. The van der Waals surface area contributed by atoms with E-state index >= 15 is 0 Å². The fraction of sp³-hybridized carbons (Fsp3) is 0.143. The summed E-state index contributed by atoms with van der Waals surface area (Å²) in [5.74, 6) is -0.404. The number of rotatable bonds is 4. The Hall–Kier alpha value is -1.24. The van der Waals surface area contributed by atoms with Gasteiger partial charge in [-0.25, -0.2) is 17.5 Å². The molecule has 0 spiro atoms. The van der Waals surface area contributed by atoms with Gasteiger partial charge < -0.3 is 0 Å². The quantitative estimate of drug-likeness (QED) is 0.911. The molecule has 0 fully saturated rings. The molecule has 106 valence electrons. The number of hydrogen-bond donors (Lipinski definition) is 1. The average molecular weight is 358 g/mol. The van der Waals surface area contributed by atoms with Gasteiger partial charge in [-0.15, -0.1) is 0 Å². The van der Waals surface area contributed by atoms with Gasteiger partial charge in [-0.3, -0.25) is 0 Å². The molecule has 0 saturated carbocycles. The van der Waals surface area contributed by atoms with Gasteiger partial charge in [0.1, 0.15) is 5.82 Å². The minimum absolute atomic E-state index is 0.0228. The lowest BCUT2D eigenvalue weighted by atomic mass is 10.2. The fourth-order valence-corrected chi connectivity index (χ4v) is 3.42. The van der Waals surface area contributed by atoms with E-state index in [0.717, 1.165) is 0 Å². The van der Waals surface area contributed by atoms with Crippen LogP contribution in [0.1, 0.15) is 11.1 Å². The van der Waals surface area contributed by atoms with Crippen LogP contribution in [-0.2, 0) is 16.6 Å². The Morgan fingerprint density at radius 2 is 1.90 bits per heavy atom. The minimum Gasteiger partial charge on any atom is -0.207 e. The zero-order valence-electron chi connectivity index (χ0n) is 10.7.